The van der Waals surface area contributed by atoms with Gasteiger partial charge in [0.05, 0.1) is 12.1 Å². The molecule has 250 valence electrons. The number of thioether (sulfide) groups is 1. The highest BCUT2D eigenvalue weighted by Crippen LogP contribution is 2.36. The molecule has 1 fully saturated rings. The van der Waals surface area contributed by atoms with Crippen LogP contribution in [0.1, 0.15) is 53.5 Å². The Morgan fingerprint density at radius 2 is 1.18 bits per heavy atom. The van der Waals surface area contributed by atoms with Crippen LogP contribution < -0.4 is 10.6 Å². The summed E-state index contributed by atoms with van der Waals surface area (Å²) in [4.78, 5) is 11.1. The molecule has 4 nitrogen and oxygen atoms in total. The van der Waals surface area contributed by atoms with Gasteiger partial charge in [0.25, 0.3) is 0 Å². The Balaban J connectivity index is 1.13. The van der Waals surface area contributed by atoms with Crippen LogP contribution in [0, 0.1) is 20.8 Å². The summed E-state index contributed by atoms with van der Waals surface area (Å²) in [5.74, 6) is 1.60. The van der Waals surface area contributed by atoms with Gasteiger partial charge in [-0.1, -0.05) is 91.7 Å². The Labute approximate surface area is 296 Å². The van der Waals surface area contributed by atoms with Crippen LogP contribution in [0.15, 0.2) is 124 Å². The van der Waals surface area contributed by atoms with Crippen LogP contribution >= 0.6 is 19.7 Å². The van der Waals surface area contributed by atoms with E-state index in [9.17, 15) is 10.2 Å². The second kappa shape index (κ2) is 16.5. The van der Waals surface area contributed by atoms with Crippen LogP contribution in [-0.2, 0) is 0 Å². The molecule has 1 aliphatic rings. The highest BCUT2D eigenvalue weighted by atomic mass is 32.2. The van der Waals surface area contributed by atoms with Crippen molar-refractivity contribution in [3.05, 3.63) is 137 Å². The lowest BCUT2D eigenvalue weighted by atomic mass is 9.91. The van der Waals surface area contributed by atoms with E-state index in [-0.39, 0.29) is 23.6 Å². The zero-order chi connectivity index (χ0) is 34.2. The van der Waals surface area contributed by atoms with Crippen LogP contribution in [-0.4, -0.2) is 46.6 Å². The van der Waals surface area contributed by atoms with Gasteiger partial charge in [0.15, 0.2) is 0 Å². The molecule has 1 aliphatic carbocycles. The summed E-state index contributed by atoms with van der Waals surface area (Å²) in [6.07, 6.45) is 8.90. The van der Waals surface area contributed by atoms with E-state index in [0.29, 0.717) is 0 Å². The van der Waals surface area contributed by atoms with Gasteiger partial charge in [-0.25, -0.2) is 0 Å². The van der Waals surface area contributed by atoms with Gasteiger partial charge in [0, 0.05) is 34.2 Å². The van der Waals surface area contributed by atoms with Crippen LogP contribution in [0.2, 0.25) is 0 Å². The van der Waals surface area contributed by atoms with Crippen molar-refractivity contribution < 1.29 is 10.2 Å². The fourth-order valence-electron chi connectivity index (χ4n) is 6.58. The summed E-state index contributed by atoms with van der Waals surface area (Å²) in [7, 11) is -0.403. The first-order valence-corrected chi connectivity index (χ1v) is 19.7. The van der Waals surface area contributed by atoms with Crippen molar-refractivity contribution in [3.8, 4) is 22.6 Å². The zero-order valence-corrected chi connectivity index (χ0v) is 30.3. The lowest BCUT2D eigenvalue weighted by Crippen LogP contribution is -2.27. The fraction of sp³-hybridized carbons (Fsp3) is 0.256. The zero-order valence-electron chi connectivity index (χ0n) is 28.6. The first kappa shape index (κ1) is 34.7. The van der Waals surface area contributed by atoms with Crippen molar-refractivity contribution in [2.24, 2.45) is 9.98 Å². The Kier molecular flexibility index (Phi) is 11.7. The summed E-state index contributed by atoms with van der Waals surface area (Å²) in [5.41, 5.74) is 6.45. The first-order chi connectivity index (χ1) is 23.9. The fourth-order valence-corrected chi connectivity index (χ4v) is 10.1. The number of hydrogen-bond donors (Lipinski definition) is 2. The molecule has 5 aromatic rings. The molecular weight excluding hydrogens is 640 g/mol. The predicted molar refractivity (Wildman–Crippen MR) is 212 cm³/mol. The first-order valence-electron chi connectivity index (χ1n) is 17.2. The minimum Gasteiger partial charge on any atom is -0.507 e. The van der Waals surface area contributed by atoms with Gasteiger partial charge in [0.2, 0.25) is 0 Å². The number of hydrogen-bond acceptors (Lipinski definition) is 5. The standard InChI is InChI=1S/C43H45N2O2PS/c1-30-24-31(2)42(46)35(25-30)28-44-40-16-10-11-17-41(40)45-29-36-27-34(26-32(3)43(36)47)33-18-20-39(21-19-33)49-23-22-48(37-12-6-4-7-13-37)38-14-8-5-9-15-38/h4-9,12-15,18-21,24-29,40-41,46-47H,10-11,16-17,22-23H2,1-3H3/t40-,41-/m1/s1. The summed E-state index contributed by atoms with van der Waals surface area (Å²) in [6, 6.07) is 38.7. The Morgan fingerprint density at radius 1 is 0.653 bits per heavy atom. The third-order valence-corrected chi connectivity index (χ3v) is 13.0. The molecule has 49 heavy (non-hydrogen) atoms. The molecule has 2 atom stereocenters. The molecule has 0 spiro atoms. The van der Waals surface area contributed by atoms with E-state index >= 15 is 0 Å². The molecule has 0 saturated heterocycles. The second-order valence-electron chi connectivity index (χ2n) is 12.9. The lowest BCUT2D eigenvalue weighted by Gasteiger charge is -2.25. The Bertz CT molecular complexity index is 1870. The van der Waals surface area contributed by atoms with Gasteiger partial charge >= 0.3 is 0 Å². The summed E-state index contributed by atoms with van der Waals surface area (Å²) in [6.45, 7) is 5.89. The summed E-state index contributed by atoms with van der Waals surface area (Å²) >= 11 is 1.91. The van der Waals surface area contributed by atoms with Crippen LogP contribution in [0.25, 0.3) is 11.1 Å². The molecule has 0 radical (unpaired) electrons. The molecule has 0 heterocycles. The van der Waals surface area contributed by atoms with Crippen molar-refractivity contribution in [1.82, 2.24) is 0 Å². The molecule has 0 aromatic heterocycles. The maximum atomic E-state index is 11.0. The molecule has 0 amide bonds. The van der Waals surface area contributed by atoms with E-state index in [1.54, 1.807) is 0 Å². The molecule has 0 aliphatic heterocycles. The molecule has 0 bridgehead atoms. The number of benzene rings is 5. The number of phenolic OH excluding ortho intramolecular Hbond substituents is 2. The van der Waals surface area contributed by atoms with Crippen molar-refractivity contribution in [1.29, 1.82) is 0 Å². The Hall–Kier alpha value is -4.18. The number of aryl methyl sites for hydroxylation is 3. The van der Waals surface area contributed by atoms with Crippen LogP contribution in [0.5, 0.6) is 11.5 Å². The minimum atomic E-state index is -0.403. The number of aliphatic imine (C=N–C) groups is 2. The van der Waals surface area contributed by atoms with Crippen molar-refractivity contribution >= 4 is 42.7 Å². The Morgan fingerprint density at radius 3 is 1.76 bits per heavy atom. The largest absolute Gasteiger partial charge is 0.507 e. The third-order valence-electron chi connectivity index (χ3n) is 9.22. The quantitative estimate of drug-likeness (QED) is 0.0827. The van der Waals surface area contributed by atoms with Crippen LogP contribution in [0.3, 0.4) is 0 Å². The molecule has 5 aromatic carbocycles. The van der Waals surface area contributed by atoms with Crippen molar-refractivity contribution in [3.63, 3.8) is 0 Å². The van der Waals surface area contributed by atoms with E-state index in [0.717, 1.165) is 76.5 Å². The molecule has 0 unspecified atom stereocenters. The smallest absolute Gasteiger partial charge is 0.127 e. The van der Waals surface area contributed by atoms with Gasteiger partial charge in [-0.05, 0) is 116 Å². The number of phenols is 2. The number of rotatable bonds is 11. The normalized spacial score (nSPS) is 16.6. The molecular formula is C43H45N2O2PS. The summed E-state index contributed by atoms with van der Waals surface area (Å²) in [5, 5.41) is 24.4. The molecule has 6 rings (SSSR count). The van der Waals surface area contributed by atoms with Gasteiger partial charge in [-0.3, -0.25) is 9.98 Å². The maximum absolute atomic E-state index is 11.0. The monoisotopic (exact) mass is 684 g/mol. The number of aromatic hydroxyl groups is 2. The average Bonchev–Trinajstić information content (AvgIpc) is 3.13. The van der Waals surface area contributed by atoms with Gasteiger partial charge < -0.3 is 10.2 Å². The second-order valence-corrected chi connectivity index (χ2v) is 16.4. The van der Waals surface area contributed by atoms with E-state index in [2.05, 4.69) is 84.9 Å². The van der Waals surface area contributed by atoms with E-state index in [4.69, 9.17) is 9.98 Å². The van der Waals surface area contributed by atoms with E-state index in [1.165, 1.54) is 15.5 Å². The molecule has 1 saturated carbocycles. The van der Waals surface area contributed by atoms with Gasteiger partial charge in [-0.2, -0.15) is 0 Å². The highest BCUT2D eigenvalue weighted by molar-refractivity contribution is 7.99. The highest BCUT2D eigenvalue weighted by Gasteiger charge is 2.24. The summed E-state index contributed by atoms with van der Waals surface area (Å²) < 4.78 is 0. The maximum Gasteiger partial charge on any atom is 0.127 e. The number of nitrogens with zero attached hydrogens (tertiary/aromatic N) is 2. The topological polar surface area (TPSA) is 65.2 Å². The van der Waals surface area contributed by atoms with Gasteiger partial charge in [0.1, 0.15) is 11.5 Å². The van der Waals surface area contributed by atoms with E-state index < -0.39 is 7.92 Å². The van der Waals surface area contributed by atoms with Crippen molar-refractivity contribution in [2.75, 3.05) is 11.9 Å². The molecule has 6 heteroatoms. The van der Waals surface area contributed by atoms with Crippen molar-refractivity contribution in [2.45, 2.75) is 63.4 Å². The third kappa shape index (κ3) is 8.90. The van der Waals surface area contributed by atoms with Crippen LogP contribution in [0.4, 0.5) is 0 Å². The minimum absolute atomic E-state index is 0.0301. The van der Waals surface area contributed by atoms with Gasteiger partial charge in [-0.15, -0.1) is 11.8 Å². The average molecular weight is 685 g/mol. The molecule has 2 N–H and O–H groups in total. The lowest BCUT2D eigenvalue weighted by molar-refractivity contribution is 0.390. The van der Waals surface area contributed by atoms with E-state index in [1.807, 2.05) is 69.2 Å². The predicted octanol–water partition coefficient (Wildman–Crippen LogP) is 9.76. The SMILES string of the molecule is Cc1cc(C)c(O)c(C=N[C@@H]2CCCC[C@H]2N=Cc2cc(-c3ccc(SCCP(c4ccccc4)c4ccccc4)cc3)cc(C)c2O)c1.